The Morgan fingerprint density at radius 3 is 2.50 bits per heavy atom. The number of nitrogens with two attached hydrogens (primary N) is 1. The summed E-state index contributed by atoms with van der Waals surface area (Å²) in [5.41, 5.74) is 7.95. The SMILES string of the molecule is CC(C)CN1CC[C@@H]1Cc1ccc(N)cc1. The predicted octanol–water partition coefficient (Wildman–Crippen LogP) is 2.54. The zero-order chi connectivity index (χ0) is 11.5. The second-order valence-electron chi connectivity index (χ2n) is 5.28. The summed E-state index contributed by atoms with van der Waals surface area (Å²) >= 11 is 0. The number of nitrogen functional groups attached to an aromatic ring is 1. The Kier molecular flexibility index (Phi) is 3.49. The molecule has 1 aromatic carbocycles. The van der Waals surface area contributed by atoms with Gasteiger partial charge in [0.15, 0.2) is 0 Å². The molecular weight excluding hydrogens is 196 g/mol. The highest BCUT2D eigenvalue weighted by Gasteiger charge is 2.27. The first kappa shape index (κ1) is 11.5. The molecule has 0 saturated carbocycles. The van der Waals surface area contributed by atoms with Crippen LogP contribution in [0.25, 0.3) is 0 Å². The van der Waals surface area contributed by atoms with Crippen molar-refractivity contribution in [1.29, 1.82) is 0 Å². The van der Waals surface area contributed by atoms with Gasteiger partial charge in [-0.3, -0.25) is 4.90 Å². The Morgan fingerprint density at radius 2 is 2.00 bits per heavy atom. The van der Waals surface area contributed by atoms with Gasteiger partial charge >= 0.3 is 0 Å². The Bertz CT molecular complexity index is 329. The Hall–Kier alpha value is -1.02. The molecule has 0 aliphatic carbocycles. The van der Waals surface area contributed by atoms with Gasteiger partial charge in [-0.25, -0.2) is 0 Å². The van der Waals surface area contributed by atoms with Gasteiger partial charge in [-0.05, 0) is 43.0 Å². The third-order valence-electron chi connectivity index (χ3n) is 3.32. The summed E-state index contributed by atoms with van der Waals surface area (Å²) in [5, 5.41) is 0. The van der Waals surface area contributed by atoms with Gasteiger partial charge < -0.3 is 5.73 Å². The first-order valence-electron chi connectivity index (χ1n) is 6.23. The lowest BCUT2D eigenvalue weighted by molar-refractivity contribution is 0.0771. The first-order chi connectivity index (χ1) is 7.65. The van der Waals surface area contributed by atoms with Crippen LogP contribution in [0.4, 0.5) is 5.69 Å². The van der Waals surface area contributed by atoms with E-state index in [0.717, 1.165) is 17.6 Å². The topological polar surface area (TPSA) is 29.3 Å². The van der Waals surface area contributed by atoms with Gasteiger partial charge in [0.2, 0.25) is 0 Å². The number of benzene rings is 1. The molecule has 0 aromatic heterocycles. The molecule has 1 heterocycles. The number of rotatable bonds is 4. The highest BCUT2D eigenvalue weighted by molar-refractivity contribution is 5.39. The Balaban J connectivity index is 1.88. The molecule has 2 N–H and O–H groups in total. The maximum absolute atomic E-state index is 5.69. The van der Waals surface area contributed by atoms with Crippen molar-refractivity contribution in [1.82, 2.24) is 4.90 Å². The van der Waals surface area contributed by atoms with Crippen LogP contribution >= 0.6 is 0 Å². The number of likely N-dealkylation sites (tertiary alicyclic amines) is 1. The maximum Gasteiger partial charge on any atom is 0.0314 e. The number of anilines is 1. The van der Waals surface area contributed by atoms with Gasteiger partial charge in [0, 0.05) is 18.3 Å². The molecule has 1 aliphatic heterocycles. The summed E-state index contributed by atoms with van der Waals surface area (Å²) in [7, 11) is 0. The zero-order valence-electron chi connectivity index (χ0n) is 10.3. The molecule has 1 saturated heterocycles. The predicted molar refractivity (Wildman–Crippen MR) is 69.4 cm³/mol. The largest absolute Gasteiger partial charge is 0.399 e. The smallest absolute Gasteiger partial charge is 0.0314 e. The van der Waals surface area contributed by atoms with E-state index in [1.54, 1.807) is 0 Å². The Labute approximate surface area is 98.4 Å². The van der Waals surface area contributed by atoms with Crippen molar-refractivity contribution in [2.24, 2.45) is 5.92 Å². The lowest BCUT2D eigenvalue weighted by Gasteiger charge is -2.42. The van der Waals surface area contributed by atoms with Gasteiger partial charge in [0.25, 0.3) is 0 Å². The molecule has 0 spiro atoms. The maximum atomic E-state index is 5.69. The van der Waals surface area contributed by atoms with E-state index in [0.29, 0.717) is 0 Å². The van der Waals surface area contributed by atoms with Crippen molar-refractivity contribution in [3.8, 4) is 0 Å². The monoisotopic (exact) mass is 218 g/mol. The van der Waals surface area contributed by atoms with Crippen LogP contribution in [0, 0.1) is 5.92 Å². The summed E-state index contributed by atoms with van der Waals surface area (Å²) in [6.45, 7) is 7.09. The Morgan fingerprint density at radius 1 is 1.31 bits per heavy atom. The summed E-state index contributed by atoms with van der Waals surface area (Å²) < 4.78 is 0. The average molecular weight is 218 g/mol. The van der Waals surface area contributed by atoms with Crippen LogP contribution in [0.1, 0.15) is 25.8 Å². The minimum atomic E-state index is 0.756. The highest BCUT2D eigenvalue weighted by Crippen LogP contribution is 2.23. The standard InChI is InChI=1S/C14H22N2/c1-11(2)10-16-8-7-14(16)9-12-3-5-13(15)6-4-12/h3-6,11,14H,7-10,15H2,1-2H3/t14-/m1/s1. The van der Waals surface area contributed by atoms with Crippen LogP contribution in [0.2, 0.25) is 0 Å². The molecule has 1 aromatic rings. The van der Waals surface area contributed by atoms with Crippen LogP contribution < -0.4 is 5.73 Å². The highest BCUT2D eigenvalue weighted by atomic mass is 15.2. The summed E-state index contributed by atoms with van der Waals surface area (Å²) in [5.74, 6) is 0.772. The van der Waals surface area contributed by atoms with E-state index in [1.165, 1.54) is 31.5 Å². The van der Waals surface area contributed by atoms with E-state index in [1.807, 2.05) is 12.1 Å². The molecule has 0 radical (unpaired) electrons. The normalized spacial score (nSPS) is 21.1. The van der Waals surface area contributed by atoms with E-state index >= 15 is 0 Å². The molecule has 0 bridgehead atoms. The average Bonchev–Trinajstić information content (AvgIpc) is 2.23. The van der Waals surface area contributed by atoms with Crippen LogP contribution in [-0.2, 0) is 6.42 Å². The van der Waals surface area contributed by atoms with Crippen molar-refractivity contribution < 1.29 is 0 Å². The van der Waals surface area contributed by atoms with Crippen molar-refractivity contribution >= 4 is 5.69 Å². The molecule has 0 unspecified atom stereocenters. The van der Waals surface area contributed by atoms with Gasteiger partial charge in [-0.1, -0.05) is 26.0 Å². The van der Waals surface area contributed by atoms with Gasteiger partial charge in [-0.2, -0.15) is 0 Å². The molecule has 16 heavy (non-hydrogen) atoms. The van der Waals surface area contributed by atoms with E-state index in [2.05, 4.69) is 30.9 Å². The fourth-order valence-corrected chi connectivity index (χ4v) is 2.36. The second-order valence-corrected chi connectivity index (χ2v) is 5.28. The second kappa shape index (κ2) is 4.88. The van der Waals surface area contributed by atoms with Crippen molar-refractivity contribution in [3.63, 3.8) is 0 Å². The molecule has 2 heteroatoms. The fourth-order valence-electron chi connectivity index (χ4n) is 2.36. The van der Waals surface area contributed by atoms with Crippen molar-refractivity contribution in [2.45, 2.75) is 32.7 Å². The number of hydrogen-bond donors (Lipinski definition) is 1. The lowest BCUT2D eigenvalue weighted by atomic mass is 9.94. The molecule has 1 aliphatic rings. The van der Waals surface area contributed by atoms with Gasteiger partial charge in [-0.15, -0.1) is 0 Å². The van der Waals surface area contributed by atoms with Crippen LogP contribution in [0.15, 0.2) is 24.3 Å². The molecule has 0 amide bonds. The molecule has 1 fully saturated rings. The summed E-state index contributed by atoms with van der Waals surface area (Å²) in [6.07, 6.45) is 2.52. The minimum Gasteiger partial charge on any atom is -0.399 e. The zero-order valence-corrected chi connectivity index (χ0v) is 10.3. The summed E-state index contributed by atoms with van der Waals surface area (Å²) in [4.78, 5) is 2.60. The third kappa shape index (κ3) is 2.76. The first-order valence-corrected chi connectivity index (χ1v) is 6.23. The lowest BCUT2D eigenvalue weighted by Crippen LogP contribution is -2.50. The summed E-state index contributed by atoms with van der Waals surface area (Å²) in [6, 6.07) is 9.07. The molecule has 88 valence electrons. The molecule has 2 rings (SSSR count). The van der Waals surface area contributed by atoms with Crippen molar-refractivity contribution in [2.75, 3.05) is 18.8 Å². The van der Waals surface area contributed by atoms with Crippen LogP contribution in [-0.4, -0.2) is 24.0 Å². The quantitative estimate of drug-likeness (QED) is 0.787. The van der Waals surface area contributed by atoms with Gasteiger partial charge in [0.1, 0.15) is 0 Å². The van der Waals surface area contributed by atoms with E-state index in [9.17, 15) is 0 Å². The molecule has 1 atom stereocenters. The fraction of sp³-hybridized carbons (Fsp3) is 0.571. The molecule has 2 nitrogen and oxygen atoms in total. The van der Waals surface area contributed by atoms with Crippen molar-refractivity contribution in [3.05, 3.63) is 29.8 Å². The number of hydrogen-bond acceptors (Lipinski definition) is 2. The number of nitrogens with zero attached hydrogens (tertiary/aromatic N) is 1. The van der Waals surface area contributed by atoms with Crippen LogP contribution in [0.5, 0.6) is 0 Å². The van der Waals surface area contributed by atoms with E-state index < -0.39 is 0 Å². The van der Waals surface area contributed by atoms with Gasteiger partial charge in [0.05, 0.1) is 0 Å². The minimum absolute atomic E-state index is 0.756. The molecular formula is C14H22N2. The van der Waals surface area contributed by atoms with Crippen LogP contribution in [0.3, 0.4) is 0 Å². The third-order valence-corrected chi connectivity index (χ3v) is 3.32. The van der Waals surface area contributed by atoms with E-state index in [4.69, 9.17) is 5.73 Å². The van der Waals surface area contributed by atoms with E-state index in [-0.39, 0.29) is 0 Å².